The van der Waals surface area contributed by atoms with E-state index >= 15 is 0 Å². The molecule has 0 heterocycles. The highest BCUT2D eigenvalue weighted by atomic mass is 32.5. The minimum absolute atomic E-state index is 0.0829. The van der Waals surface area contributed by atoms with Gasteiger partial charge in [-0.05, 0) is 39.5 Å². The Morgan fingerprint density at radius 2 is 1.83 bits per heavy atom. The number of halogens is 1. The average molecular weight is 318 g/mol. The van der Waals surface area contributed by atoms with Gasteiger partial charge >= 0.3 is 6.04 Å². The lowest BCUT2D eigenvalue weighted by Crippen LogP contribution is -2.23. The van der Waals surface area contributed by atoms with Crippen LogP contribution in [0.1, 0.15) is 27.7 Å². The molecule has 0 amide bonds. The standard InChI is InChI=1S/C9H20FN2O3PS2/c1-7(2)14-16(17,15-8(3)4)12(5)18-11-6-9(10)13/h7-8,11H,6H2,1-5H3. The molecule has 0 radical (unpaired) electrons. The van der Waals surface area contributed by atoms with Gasteiger partial charge in [0.25, 0.3) is 6.64 Å². The van der Waals surface area contributed by atoms with E-state index in [1.807, 2.05) is 27.7 Å². The summed E-state index contributed by atoms with van der Waals surface area (Å²) in [5.74, 6) is 0. The highest BCUT2D eigenvalue weighted by Crippen LogP contribution is 2.55. The van der Waals surface area contributed by atoms with Crippen LogP contribution >= 0.6 is 18.8 Å². The molecule has 0 saturated heterocycles. The molecule has 0 aliphatic heterocycles. The molecule has 0 aromatic heterocycles. The molecule has 0 aromatic carbocycles. The molecule has 108 valence electrons. The first-order chi connectivity index (χ1) is 8.17. The molecule has 0 aliphatic rings. The Bertz CT molecular complexity index is 304. The summed E-state index contributed by atoms with van der Waals surface area (Å²) in [4.78, 5) is 10.2. The third-order valence-electron chi connectivity index (χ3n) is 1.44. The van der Waals surface area contributed by atoms with Crippen molar-refractivity contribution in [2.75, 3.05) is 13.6 Å². The normalized spacial score (nSPS) is 12.7. The molecular formula is C9H20FN2O3PS2. The molecule has 5 nitrogen and oxygen atoms in total. The molecule has 0 unspecified atom stereocenters. The predicted octanol–water partition coefficient (Wildman–Crippen LogP) is 2.64. The van der Waals surface area contributed by atoms with Crippen LogP contribution in [0.5, 0.6) is 0 Å². The van der Waals surface area contributed by atoms with Crippen LogP contribution in [-0.4, -0.2) is 35.9 Å². The van der Waals surface area contributed by atoms with Gasteiger partial charge in [-0.15, -0.1) is 0 Å². The number of carbonyl (C=O) groups excluding carboxylic acids is 1. The number of nitrogens with zero attached hydrogens (tertiary/aromatic N) is 1. The SMILES string of the molecule is CC(C)OP(=S)(OC(C)C)N(C)SNCC(=O)F. The summed E-state index contributed by atoms with van der Waals surface area (Å²) in [5.41, 5.74) is 0. The second-order valence-corrected chi connectivity index (χ2v) is 8.64. The maximum atomic E-state index is 12.1. The average Bonchev–Trinajstić information content (AvgIpc) is 2.13. The van der Waals surface area contributed by atoms with Gasteiger partial charge in [-0.2, -0.15) is 8.47 Å². The van der Waals surface area contributed by atoms with Crippen molar-refractivity contribution in [2.24, 2.45) is 0 Å². The third kappa shape index (κ3) is 7.78. The van der Waals surface area contributed by atoms with Crippen LogP contribution in [0, 0.1) is 0 Å². The minimum atomic E-state index is -2.65. The van der Waals surface area contributed by atoms with E-state index in [9.17, 15) is 9.18 Å². The Labute approximate surface area is 117 Å². The van der Waals surface area contributed by atoms with Crippen LogP contribution in [-0.2, 0) is 25.6 Å². The molecule has 0 aromatic rings. The lowest BCUT2D eigenvalue weighted by atomic mass is 10.5. The Morgan fingerprint density at radius 1 is 1.39 bits per heavy atom. The van der Waals surface area contributed by atoms with Crippen molar-refractivity contribution in [2.45, 2.75) is 39.9 Å². The zero-order valence-electron chi connectivity index (χ0n) is 11.2. The molecule has 18 heavy (non-hydrogen) atoms. The van der Waals surface area contributed by atoms with Crippen molar-refractivity contribution >= 4 is 36.6 Å². The zero-order valence-corrected chi connectivity index (χ0v) is 13.7. The number of nitrogens with one attached hydrogen (secondary N) is 1. The van der Waals surface area contributed by atoms with Gasteiger partial charge in [0.2, 0.25) is 0 Å². The van der Waals surface area contributed by atoms with E-state index in [1.165, 1.54) is 0 Å². The van der Waals surface area contributed by atoms with Crippen molar-refractivity contribution in [3.63, 3.8) is 0 Å². The molecule has 0 spiro atoms. The Kier molecular flexibility index (Phi) is 8.79. The third-order valence-corrected chi connectivity index (χ3v) is 6.50. The van der Waals surface area contributed by atoms with Gasteiger partial charge in [0.05, 0.1) is 18.8 Å². The summed E-state index contributed by atoms with van der Waals surface area (Å²) in [6.45, 7) is 4.42. The molecule has 0 atom stereocenters. The van der Waals surface area contributed by atoms with E-state index in [2.05, 4.69) is 4.72 Å². The fraction of sp³-hybridized carbons (Fsp3) is 0.889. The highest BCUT2D eigenvalue weighted by molar-refractivity contribution is 8.15. The summed E-state index contributed by atoms with van der Waals surface area (Å²) < 4.78 is 27.5. The zero-order chi connectivity index (χ0) is 14.3. The van der Waals surface area contributed by atoms with Crippen LogP contribution in [0.3, 0.4) is 0 Å². The largest absolute Gasteiger partial charge is 0.316 e. The number of hydrogen-bond donors (Lipinski definition) is 1. The van der Waals surface area contributed by atoms with Crippen molar-refractivity contribution < 1.29 is 18.2 Å². The smallest absolute Gasteiger partial charge is 0.315 e. The number of rotatable bonds is 9. The first-order valence-electron chi connectivity index (χ1n) is 5.46. The summed E-state index contributed by atoms with van der Waals surface area (Å²) in [5, 5.41) is 0. The van der Waals surface area contributed by atoms with E-state index in [-0.39, 0.29) is 18.8 Å². The molecule has 0 aliphatic carbocycles. The van der Waals surface area contributed by atoms with Crippen LogP contribution in [0.15, 0.2) is 0 Å². The Hall–Kier alpha value is 0.440. The second kappa shape index (κ2) is 8.58. The lowest BCUT2D eigenvalue weighted by molar-refractivity contribution is -0.127. The van der Waals surface area contributed by atoms with Gasteiger partial charge < -0.3 is 9.05 Å². The van der Waals surface area contributed by atoms with Crippen LogP contribution in [0.2, 0.25) is 0 Å². The van der Waals surface area contributed by atoms with E-state index in [4.69, 9.17) is 20.9 Å². The van der Waals surface area contributed by atoms with Gasteiger partial charge in [-0.25, -0.2) is 4.72 Å². The summed E-state index contributed by atoms with van der Waals surface area (Å²) in [7, 11) is 1.69. The van der Waals surface area contributed by atoms with E-state index in [0.29, 0.717) is 0 Å². The summed E-state index contributed by atoms with van der Waals surface area (Å²) >= 11 is 6.42. The maximum Gasteiger partial charge on any atom is 0.316 e. The lowest BCUT2D eigenvalue weighted by Gasteiger charge is -2.32. The first-order valence-corrected chi connectivity index (χ1v) is 8.83. The molecule has 0 bridgehead atoms. The van der Waals surface area contributed by atoms with E-state index in [0.717, 1.165) is 12.1 Å². The quantitative estimate of drug-likeness (QED) is 0.398. The monoisotopic (exact) mass is 318 g/mol. The second-order valence-electron chi connectivity index (χ2n) is 4.01. The van der Waals surface area contributed by atoms with Gasteiger partial charge in [-0.3, -0.25) is 4.79 Å². The fourth-order valence-electron chi connectivity index (χ4n) is 0.923. The predicted molar refractivity (Wildman–Crippen MR) is 76.2 cm³/mol. The Balaban J connectivity index is 4.53. The van der Waals surface area contributed by atoms with Crippen molar-refractivity contribution in [1.29, 1.82) is 0 Å². The fourth-order valence-corrected chi connectivity index (χ4v) is 4.81. The van der Waals surface area contributed by atoms with Gasteiger partial charge in [0.1, 0.15) is 0 Å². The van der Waals surface area contributed by atoms with Crippen molar-refractivity contribution in [3.8, 4) is 0 Å². The van der Waals surface area contributed by atoms with Crippen molar-refractivity contribution in [3.05, 3.63) is 0 Å². The minimum Gasteiger partial charge on any atom is -0.315 e. The van der Waals surface area contributed by atoms with Crippen LogP contribution < -0.4 is 4.72 Å². The van der Waals surface area contributed by atoms with Crippen molar-refractivity contribution in [1.82, 2.24) is 8.80 Å². The molecule has 0 rings (SSSR count). The van der Waals surface area contributed by atoms with Gasteiger partial charge in [0, 0.05) is 19.2 Å². The first kappa shape index (κ1) is 18.4. The molecule has 0 fully saturated rings. The molecule has 1 N–H and O–H groups in total. The number of carbonyl (C=O) groups is 1. The molecular weight excluding hydrogens is 298 g/mol. The highest BCUT2D eigenvalue weighted by Gasteiger charge is 2.29. The van der Waals surface area contributed by atoms with E-state index < -0.39 is 12.7 Å². The van der Waals surface area contributed by atoms with Crippen LogP contribution in [0.25, 0.3) is 0 Å². The molecule has 9 heteroatoms. The van der Waals surface area contributed by atoms with Gasteiger partial charge in [-0.1, -0.05) is 0 Å². The number of hydrogen-bond acceptors (Lipinski definition) is 6. The topological polar surface area (TPSA) is 50.8 Å². The molecule has 0 saturated carbocycles. The summed E-state index contributed by atoms with van der Waals surface area (Å²) in [6, 6.07) is -1.43. The van der Waals surface area contributed by atoms with Gasteiger partial charge in [0.15, 0.2) is 0 Å². The van der Waals surface area contributed by atoms with E-state index in [1.54, 1.807) is 11.1 Å². The van der Waals surface area contributed by atoms with Crippen LogP contribution in [0.4, 0.5) is 4.39 Å². The summed E-state index contributed by atoms with van der Waals surface area (Å²) in [6.07, 6.45) is -0.166. The Morgan fingerprint density at radius 3 is 2.17 bits per heavy atom. The maximum absolute atomic E-state index is 12.1.